The molecule has 3 aromatic rings. The average Bonchev–Trinajstić information content (AvgIpc) is 2.62. The van der Waals surface area contributed by atoms with Crippen molar-refractivity contribution < 1.29 is 0 Å². The molecule has 0 saturated carbocycles. The van der Waals surface area contributed by atoms with Gasteiger partial charge < -0.3 is 5.32 Å². The first-order valence-corrected chi connectivity index (χ1v) is 8.40. The van der Waals surface area contributed by atoms with Crippen LogP contribution in [0, 0.1) is 11.3 Å². The molecule has 3 nitrogen and oxygen atoms in total. The summed E-state index contributed by atoms with van der Waals surface area (Å²) in [5.41, 5.74) is 2.50. The summed E-state index contributed by atoms with van der Waals surface area (Å²) < 4.78 is 0. The minimum atomic E-state index is 0.646. The number of nitrogens with zero attached hydrogens (tertiary/aromatic N) is 2. The fourth-order valence-electron chi connectivity index (χ4n) is 2.29. The van der Waals surface area contributed by atoms with Gasteiger partial charge in [0.15, 0.2) is 5.17 Å². The third kappa shape index (κ3) is 3.53. The Morgan fingerprint density at radius 1 is 1.00 bits per heavy atom. The van der Waals surface area contributed by atoms with Crippen LogP contribution in [-0.4, -0.2) is 11.4 Å². The summed E-state index contributed by atoms with van der Waals surface area (Å²) in [4.78, 5) is 4.75. The Labute approximate surface area is 139 Å². The van der Waals surface area contributed by atoms with Crippen LogP contribution in [0.3, 0.4) is 0 Å². The topological polar surface area (TPSA) is 48.2 Å². The maximum absolute atomic E-state index is 8.85. The van der Waals surface area contributed by atoms with Crippen LogP contribution in [0.2, 0.25) is 0 Å². The molecular formula is C19H15N3S. The summed E-state index contributed by atoms with van der Waals surface area (Å²) in [5, 5.41) is 15.3. The molecule has 0 aliphatic rings. The van der Waals surface area contributed by atoms with Crippen LogP contribution >= 0.6 is 11.8 Å². The highest BCUT2D eigenvalue weighted by Crippen LogP contribution is 2.27. The van der Waals surface area contributed by atoms with Crippen molar-refractivity contribution in [1.29, 1.82) is 5.26 Å². The summed E-state index contributed by atoms with van der Waals surface area (Å²) in [7, 11) is 0. The first-order valence-electron chi connectivity index (χ1n) is 7.18. The maximum atomic E-state index is 8.85. The van der Waals surface area contributed by atoms with E-state index < -0.39 is 0 Å². The first kappa shape index (κ1) is 15.1. The smallest absolute Gasteiger partial charge is 0.165 e. The van der Waals surface area contributed by atoms with Gasteiger partial charge in [-0.25, -0.2) is 4.99 Å². The van der Waals surface area contributed by atoms with Crippen LogP contribution in [0.1, 0.15) is 5.56 Å². The molecule has 0 radical (unpaired) electrons. The standard InChI is InChI=1S/C19H15N3S/c1-23-19(21-16-11-9-14(13-20)10-12-16)22-18-8-4-6-15-5-2-3-7-17(15)18/h2-12H,1H3,(H,21,22). The van der Waals surface area contributed by atoms with Crippen LogP contribution in [0.5, 0.6) is 0 Å². The molecule has 0 heterocycles. The van der Waals surface area contributed by atoms with E-state index in [2.05, 4.69) is 29.6 Å². The number of nitriles is 1. The van der Waals surface area contributed by atoms with Crippen LogP contribution < -0.4 is 5.32 Å². The van der Waals surface area contributed by atoms with E-state index >= 15 is 0 Å². The van der Waals surface area contributed by atoms with Gasteiger partial charge in [-0.3, -0.25) is 0 Å². The molecular weight excluding hydrogens is 302 g/mol. The van der Waals surface area contributed by atoms with Crippen LogP contribution in [0.15, 0.2) is 71.7 Å². The molecule has 1 N–H and O–H groups in total. The lowest BCUT2D eigenvalue weighted by atomic mass is 10.1. The first-order chi connectivity index (χ1) is 11.3. The molecule has 0 saturated heterocycles. The number of hydrogen-bond donors (Lipinski definition) is 1. The van der Waals surface area contributed by atoms with Crippen molar-refractivity contribution >= 4 is 39.1 Å². The highest BCUT2D eigenvalue weighted by molar-refractivity contribution is 8.13. The highest BCUT2D eigenvalue weighted by atomic mass is 32.2. The Kier molecular flexibility index (Phi) is 4.60. The van der Waals surface area contributed by atoms with Crippen molar-refractivity contribution in [1.82, 2.24) is 0 Å². The molecule has 0 spiro atoms. The number of nitrogens with one attached hydrogen (secondary N) is 1. The SMILES string of the molecule is CSC(=Nc1cccc2ccccc12)Nc1ccc(C#N)cc1. The molecule has 3 aromatic carbocycles. The molecule has 112 valence electrons. The van der Waals surface area contributed by atoms with Gasteiger partial charge in [-0.1, -0.05) is 48.2 Å². The monoisotopic (exact) mass is 317 g/mol. The van der Waals surface area contributed by atoms with Gasteiger partial charge in [0.05, 0.1) is 17.3 Å². The molecule has 3 rings (SSSR count). The average molecular weight is 317 g/mol. The molecule has 0 aliphatic carbocycles. The quantitative estimate of drug-likeness (QED) is 0.523. The Morgan fingerprint density at radius 3 is 2.48 bits per heavy atom. The van der Waals surface area contributed by atoms with Crippen LogP contribution in [0.4, 0.5) is 11.4 Å². The van der Waals surface area contributed by atoms with Crippen molar-refractivity contribution in [2.24, 2.45) is 4.99 Å². The van der Waals surface area contributed by atoms with Crippen molar-refractivity contribution in [3.8, 4) is 6.07 Å². The second kappa shape index (κ2) is 6.99. The number of anilines is 1. The van der Waals surface area contributed by atoms with Gasteiger partial charge in [0.2, 0.25) is 0 Å². The molecule has 0 atom stereocenters. The van der Waals surface area contributed by atoms with E-state index in [0.717, 1.165) is 21.9 Å². The van der Waals surface area contributed by atoms with Crippen LogP contribution in [0.25, 0.3) is 10.8 Å². The van der Waals surface area contributed by atoms with Gasteiger partial charge in [-0.05, 0) is 42.0 Å². The van der Waals surface area contributed by atoms with Gasteiger partial charge in [0.25, 0.3) is 0 Å². The van der Waals surface area contributed by atoms with E-state index in [1.54, 1.807) is 23.9 Å². The predicted octanol–water partition coefficient (Wildman–Crippen LogP) is 5.17. The Hall–Kier alpha value is -2.77. The number of thioether (sulfide) groups is 1. The van der Waals surface area contributed by atoms with Gasteiger partial charge in [-0.2, -0.15) is 5.26 Å². The number of aliphatic imine (C=N–C) groups is 1. The van der Waals surface area contributed by atoms with E-state index in [9.17, 15) is 0 Å². The maximum Gasteiger partial charge on any atom is 0.165 e. The number of benzene rings is 3. The number of rotatable bonds is 2. The van der Waals surface area contributed by atoms with Gasteiger partial charge in [0.1, 0.15) is 0 Å². The lowest BCUT2D eigenvalue weighted by molar-refractivity contribution is 1.48. The molecule has 0 unspecified atom stereocenters. The minimum absolute atomic E-state index is 0.646. The predicted molar refractivity (Wildman–Crippen MR) is 99.3 cm³/mol. The zero-order valence-electron chi connectivity index (χ0n) is 12.7. The molecule has 23 heavy (non-hydrogen) atoms. The molecule has 0 bridgehead atoms. The molecule has 4 heteroatoms. The summed E-state index contributed by atoms with van der Waals surface area (Å²) in [6.07, 6.45) is 1.99. The van der Waals surface area contributed by atoms with Gasteiger partial charge >= 0.3 is 0 Å². The normalized spacial score (nSPS) is 11.2. The zero-order valence-corrected chi connectivity index (χ0v) is 13.5. The molecule has 0 fully saturated rings. The van der Waals surface area contributed by atoms with E-state index in [-0.39, 0.29) is 0 Å². The lowest BCUT2D eigenvalue weighted by Gasteiger charge is -2.09. The lowest BCUT2D eigenvalue weighted by Crippen LogP contribution is -2.06. The highest BCUT2D eigenvalue weighted by Gasteiger charge is 2.03. The van der Waals surface area contributed by atoms with Gasteiger partial charge in [0, 0.05) is 11.1 Å². The number of amidine groups is 1. The van der Waals surface area contributed by atoms with E-state index in [0.29, 0.717) is 5.56 Å². The molecule has 0 aliphatic heterocycles. The largest absolute Gasteiger partial charge is 0.335 e. The number of fused-ring (bicyclic) bond motifs is 1. The Bertz CT molecular complexity index is 887. The minimum Gasteiger partial charge on any atom is -0.335 e. The van der Waals surface area contributed by atoms with E-state index in [1.807, 2.05) is 42.7 Å². The summed E-state index contributed by atoms with van der Waals surface area (Å²) in [6, 6.07) is 23.8. The van der Waals surface area contributed by atoms with Gasteiger partial charge in [-0.15, -0.1) is 0 Å². The Balaban J connectivity index is 1.92. The molecule has 0 amide bonds. The summed E-state index contributed by atoms with van der Waals surface area (Å²) in [6.45, 7) is 0. The van der Waals surface area contributed by atoms with Crippen LogP contribution in [-0.2, 0) is 0 Å². The van der Waals surface area contributed by atoms with Crippen molar-refractivity contribution in [3.05, 3.63) is 72.3 Å². The van der Waals surface area contributed by atoms with Crippen molar-refractivity contribution in [2.45, 2.75) is 0 Å². The van der Waals surface area contributed by atoms with E-state index in [4.69, 9.17) is 10.3 Å². The second-order valence-corrected chi connectivity index (χ2v) is 5.73. The third-order valence-corrected chi connectivity index (χ3v) is 4.03. The fourth-order valence-corrected chi connectivity index (χ4v) is 2.70. The Morgan fingerprint density at radius 2 is 1.74 bits per heavy atom. The zero-order chi connectivity index (χ0) is 16.1. The van der Waals surface area contributed by atoms with Crippen molar-refractivity contribution in [2.75, 3.05) is 11.6 Å². The summed E-state index contributed by atoms with van der Waals surface area (Å²) in [5.74, 6) is 0. The third-order valence-electron chi connectivity index (χ3n) is 3.45. The summed E-state index contributed by atoms with van der Waals surface area (Å²) >= 11 is 1.55. The second-order valence-electron chi connectivity index (χ2n) is 4.93. The molecule has 0 aromatic heterocycles. The number of hydrogen-bond acceptors (Lipinski definition) is 3. The van der Waals surface area contributed by atoms with E-state index in [1.165, 1.54) is 5.39 Å². The van der Waals surface area contributed by atoms with Crippen molar-refractivity contribution in [3.63, 3.8) is 0 Å². The fraction of sp³-hybridized carbons (Fsp3) is 0.0526.